The van der Waals surface area contributed by atoms with Gasteiger partial charge in [-0.3, -0.25) is 0 Å². The van der Waals surface area contributed by atoms with E-state index in [9.17, 15) is 9.18 Å². The summed E-state index contributed by atoms with van der Waals surface area (Å²) in [5.74, 6) is -0.623. The summed E-state index contributed by atoms with van der Waals surface area (Å²) in [6.45, 7) is 3.46. The van der Waals surface area contributed by atoms with Gasteiger partial charge in [-0.1, -0.05) is 11.2 Å². The average Bonchev–Trinajstić information content (AvgIpc) is 2.80. The van der Waals surface area contributed by atoms with E-state index in [0.29, 0.717) is 0 Å². The summed E-state index contributed by atoms with van der Waals surface area (Å²) in [5.41, 5.74) is 0.265. The molecule has 0 saturated heterocycles. The second-order valence-electron chi connectivity index (χ2n) is 4.00. The minimum Gasteiger partial charge on any atom is -0.496 e. The summed E-state index contributed by atoms with van der Waals surface area (Å²) >= 11 is 0. The number of hydrogen-bond donors (Lipinski definition) is 0. The van der Waals surface area contributed by atoms with Crippen molar-refractivity contribution in [1.29, 1.82) is 0 Å². The van der Waals surface area contributed by atoms with Crippen LogP contribution in [0.3, 0.4) is 0 Å². The predicted molar refractivity (Wildman–Crippen MR) is 69.1 cm³/mol. The molecular formula is C14H14FNO4. The molecule has 0 amide bonds. The van der Waals surface area contributed by atoms with Crippen molar-refractivity contribution in [2.75, 3.05) is 13.7 Å². The SMILES string of the molecule is CCOC(=O)c1c(-c2c(F)cccc2OC)noc1C. The third kappa shape index (κ3) is 2.36. The monoisotopic (exact) mass is 279 g/mol. The third-order valence-corrected chi connectivity index (χ3v) is 2.77. The number of esters is 1. The third-order valence-electron chi connectivity index (χ3n) is 2.77. The van der Waals surface area contributed by atoms with Crippen LogP contribution in [0.5, 0.6) is 5.75 Å². The van der Waals surface area contributed by atoms with Crippen molar-refractivity contribution < 1.29 is 23.2 Å². The zero-order valence-electron chi connectivity index (χ0n) is 11.4. The number of aromatic nitrogens is 1. The fourth-order valence-electron chi connectivity index (χ4n) is 1.89. The number of nitrogens with zero attached hydrogens (tertiary/aromatic N) is 1. The van der Waals surface area contributed by atoms with Gasteiger partial charge in [0.15, 0.2) is 0 Å². The maximum Gasteiger partial charge on any atom is 0.344 e. The molecule has 0 N–H and O–H groups in total. The number of aryl methyl sites for hydroxylation is 1. The van der Waals surface area contributed by atoms with Gasteiger partial charge < -0.3 is 14.0 Å². The Morgan fingerprint density at radius 2 is 2.20 bits per heavy atom. The van der Waals surface area contributed by atoms with Gasteiger partial charge >= 0.3 is 5.97 Å². The minimum absolute atomic E-state index is 0.0786. The summed E-state index contributed by atoms with van der Waals surface area (Å²) in [4.78, 5) is 11.9. The number of carbonyl (C=O) groups is 1. The topological polar surface area (TPSA) is 61.6 Å². The van der Waals surface area contributed by atoms with Gasteiger partial charge in [-0.2, -0.15) is 0 Å². The van der Waals surface area contributed by atoms with Gasteiger partial charge in [-0.15, -0.1) is 0 Å². The second kappa shape index (κ2) is 5.73. The lowest BCUT2D eigenvalue weighted by molar-refractivity contribution is 0.0525. The van der Waals surface area contributed by atoms with E-state index >= 15 is 0 Å². The largest absolute Gasteiger partial charge is 0.496 e. The van der Waals surface area contributed by atoms with Crippen LogP contribution in [0.25, 0.3) is 11.3 Å². The van der Waals surface area contributed by atoms with Gasteiger partial charge in [0.25, 0.3) is 0 Å². The van der Waals surface area contributed by atoms with Crippen LogP contribution in [0.15, 0.2) is 22.7 Å². The normalized spacial score (nSPS) is 10.4. The van der Waals surface area contributed by atoms with E-state index in [1.807, 2.05) is 0 Å². The number of rotatable bonds is 4. The van der Waals surface area contributed by atoms with Crippen LogP contribution in [0.4, 0.5) is 4.39 Å². The van der Waals surface area contributed by atoms with E-state index in [1.54, 1.807) is 19.9 Å². The van der Waals surface area contributed by atoms with Crippen LogP contribution in [0.2, 0.25) is 0 Å². The molecule has 0 radical (unpaired) electrons. The molecule has 0 aliphatic carbocycles. The van der Waals surface area contributed by atoms with Crippen LogP contribution in [0.1, 0.15) is 23.0 Å². The van der Waals surface area contributed by atoms with Crippen molar-refractivity contribution in [1.82, 2.24) is 5.16 Å². The molecule has 0 unspecified atom stereocenters. The van der Waals surface area contributed by atoms with Crippen molar-refractivity contribution in [2.24, 2.45) is 0 Å². The molecule has 20 heavy (non-hydrogen) atoms. The van der Waals surface area contributed by atoms with E-state index in [2.05, 4.69) is 5.16 Å². The van der Waals surface area contributed by atoms with Gasteiger partial charge in [-0.05, 0) is 26.0 Å². The molecule has 2 aromatic rings. The molecule has 0 saturated carbocycles. The first-order chi connectivity index (χ1) is 9.60. The molecule has 0 bridgehead atoms. The molecule has 1 heterocycles. The van der Waals surface area contributed by atoms with Crippen molar-refractivity contribution in [2.45, 2.75) is 13.8 Å². The highest BCUT2D eigenvalue weighted by molar-refractivity contribution is 5.97. The summed E-state index contributed by atoms with van der Waals surface area (Å²) in [6.07, 6.45) is 0. The average molecular weight is 279 g/mol. The van der Waals surface area contributed by atoms with Crippen LogP contribution in [-0.4, -0.2) is 24.8 Å². The molecule has 0 fully saturated rings. The van der Waals surface area contributed by atoms with Crippen LogP contribution < -0.4 is 4.74 Å². The lowest BCUT2D eigenvalue weighted by Gasteiger charge is -2.08. The Balaban J connectivity index is 2.63. The molecule has 0 atom stereocenters. The van der Waals surface area contributed by atoms with Crippen LogP contribution in [0, 0.1) is 12.7 Å². The highest BCUT2D eigenvalue weighted by atomic mass is 19.1. The van der Waals surface area contributed by atoms with Crippen LogP contribution >= 0.6 is 0 Å². The second-order valence-corrected chi connectivity index (χ2v) is 4.00. The van der Waals surface area contributed by atoms with Gasteiger partial charge in [-0.25, -0.2) is 9.18 Å². The Kier molecular flexibility index (Phi) is 4.02. The number of halogens is 1. The standard InChI is InChI=1S/C14H14FNO4/c1-4-19-14(17)11-8(2)20-16-13(11)12-9(15)6-5-7-10(12)18-3/h5-7H,4H2,1-3H3. The fraction of sp³-hybridized carbons (Fsp3) is 0.286. The highest BCUT2D eigenvalue weighted by Gasteiger charge is 2.26. The smallest absolute Gasteiger partial charge is 0.344 e. The molecule has 5 nitrogen and oxygen atoms in total. The first kappa shape index (κ1) is 14.0. The summed E-state index contributed by atoms with van der Waals surface area (Å²) in [6, 6.07) is 4.35. The van der Waals surface area contributed by atoms with Crippen LogP contribution in [-0.2, 0) is 4.74 Å². The minimum atomic E-state index is -0.605. The van der Waals surface area contributed by atoms with Gasteiger partial charge in [0.1, 0.15) is 28.6 Å². The van der Waals surface area contributed by atoms with E-state index in [1.165, 1.54) is 19.2 Å². The Hall–Kier alpha value is -2.37. The molecule has 0 spiro atoms. The molecule has 1 aromatic carbocycles. The zero-order valence-corrected chi connectivity index (χ0v) is 11.4. The first-order valence-electron chi connectivity index (χ1n) is 6.06. The highest BCUT2D eigenvalue weighted by Crippen LogP contribution is 2.35. The molecule has 0 aliphatic rings. The number of hydrogen-bond acceptors (Lipinski definition) is 5. The quantitative estimate of drug-likeness (QED) is 0.805. The maximum atomic E-state index is 14.0. The number of methoxy groups -OCH3 is 1. The summed E-state index contributed by atoms with van der Waals surface area (Å²) in [5, 5.41) is 3.76. The Morgan fingerprint density at radius 1 is 1.45 bits per heavy atom. The number of carbonyl (C=O) groups excluding carboxylic acids is 1. The fourth-order valence-corrected chi connectivity index (χ4v) is 1.89. The van der Waals surface area contributed by atoms with Crippen molar-refractivity contribution in [3.63, 3.8) is 0 Å². The van der Waals surface area contributed by atoms with E-state index in [-0.39, 0.29) is 34.9 Å². The Bertz CT molecular complexity index is 636. The predicted octanol–water partition coefficient (Wildman–Crippen LogP) is 2.97. The number of ether oxygens (including phenoxy) is 2. The molecule has 2 rings (SSSR count). The molecular weight excluding hydrogens is 265 g/mol. The van der Waals surface area contributed by atoms with E-state index in [0.717, 1.165) is 0 Å². The Morgan fingerprint density at radius 3 is 2.85 bits per heavy atom. The molecule has 6 heteroatoms. The molecule has 1 aromatic heterocycles. The van der Waals surface area contributed by atoms with E-state index in [4.69, 9.17) is 14.0 Å². The summed E-state index contributed by atoms with van der Waals surface area (Å²) < 4.78 is 29.1. The van der Waals surface area contributed by atoms with Gasteiger partial charge in [0, 0.05) is 0 Å². The van der Waals surface area contributed by atoms with Crippen molar-refractivity contribution in [3.05, 3.63) is 35.3 Å². The lowest BCUT2D eigenvalue weighted by atomic mass is 10.0. The molecule has 0 aliphatic heterocycles. The van der Waals surface area contributed by atoms with Crippen molar-refractivity contribution in [3.8, 4) is 17.0 Å². The number of benzene rings is 1. The molecule has 106 valence electrons. The lowest BCUT2D eigenvalue weighted by Crippen LogP contribution is -2.07. The first-order valence-corrected chi connectivity index (χ1v) is 6.06. The van der Waals surface area contributed by atoms with Gasteiger partial charge in [0.05, 0.1) is 19.3 Å². The maximum absolute atomic E-state index is 14.0. The van der Waals surface area contributed by atoms with Gasteiger partial charge in [0.2, 0.25) is 0 Å². The van der Waals surface area contributed by atoms with E-state index < -0.39 is 11.8 Å². The zero-order chi connectivity index (χ0) is 14.7. The van der Waals surface area contributed by atoms with Crippen molar-refractivity contribution >= 4 is 5.97 Å². The summed E-state index contributed by atoms with van der Waals surface area (Å²) in [7, 11) is 1.41. The Labute approximate surface area is 115 Å².